The number of nitrogens with one attached hydrogen (secondary N) is 1. The van der Waals surface area contributed by atoms with Crippen LogP contribution in [0.5, 0.6) is 5.75 Å². The molecule has 0 bridgehead atoms. The minimum atomic E-state index is -0.454. The Balaban J connectivity index is 2.08. The molecule has 8 heteroatoms. The molecule has 2 aromatic heterocycles. The lowest BCUT2D eigenvalue weighted by Gasteiger charge is -2.11. The Hall–Kier alpha value is -3.29. The number of methoxy groups -OCH3 is 1. The smallest absolute Gasteiger partial charge is 0.351 e. The molecule has 1 N–H and O–H groups in total. The zero-order valence-electron chi connectivity index (χ0n) is 15.5. The number of carbonyl (C=O) groups excluding carboxylic acids is 1. The van der Waals surface area contributed by atoms with E-state index in [0.29, 0.717) is 17.2 Å². The van der Waals surface area contributed by atoms with Gasteiger partial charge in [0, 0.05) is 6.04 Å². The molecular formula is C19H22N4O4. The Morgan fingerprint density at radius 1 is 1.30 bits per heavy atom. The molecule has 3 aromatic rings. The van der Waals surface area contributed by atoms with Crippen LogP contribution in [0.1, 0.15) is 20.3 Å². The van der Waals surface area contributed by atoms with E-state index in [0.717, 1.165) is 6.42 Å². The molecule has 0 saturated carbocycles. The second kappa shape index (κ2) is 7.94. The monoisotopic (exact) mass is 370 g/mol. The third kappa shape index (κ3) is 3.79. The minimum Gasteiger partial charge on any atom is -0.494 e. The first kappa shape index (κ1) is 18.5. The van der Waals surface area contributed by atoms with E-state index in [1.807, 2.05) is 13.8 Å². The van der Waals surface area contributed by atoms with Crippen molar-refractivity contribution in [3.63, 3.8) is 0 Å². The number of benzene rings is 1. The summed E-state index contributed by atoms with van der Waals surface area (Å²) in [5.41, 5.74) is 0.0316. The van der Waals surface area contributed by atoms with Gasteiger partial charge in [-0.2, -0.15) is 4.68 Å². The van der Waals surface area contributed by atoms with Crippen LogP contribution in [0.4, 0.5) is 0 Å². The zero-order valence-corrected chi connectivity index (χ0v) is 15.5. The highest BCUT2D eigenvalue weighted by atomic mass is 16.5. The van der Waals surface area contributed by atoms with Gasteiger partial charge in [-0.3, -0.25) is 9.36 Å². The molecule has 1 amide bonds. The van der Waals surface area contributed by atoms with Crippen molar-refractivity contribution in [3.8, 4) is 23.0 Å². The van der Waals surface area contributed by atoms with Gasteiger partial charge in [0.05, 0.1) is 13.4 Å². The zero-order chi connectivity index (χ0) is 19.4. The van der Waals surface area contributed by atoms with Crippen molar-refractivity contribution in [2.24, 2.45) is 0 Å². The SMILES string of the molecule is CC[C@H](C)NC(=O)Cn1c(-c2ccco2)nn(-c2ccccc2OC)c1=O. The number of nitrogens with zero attached hydrogens (tertiary/aromatic N) is 3. The minimum absolute atomic E-state index is 0.0181. The second-order valence-corrected chi connectivity index (χ2v) is 6.13. The number of rotatable bonds is 7. The Kier molecular flexibility index (Phi) is 5.44. The lowest BCUT2D eigenvalue weighted by molar-refractivity contribution is -0.122. The van der Waals surface area contributed by atoms with Gasteiger partial charge in [-0.15, -0.1) is 5.10 Å². The number of hydrogen-bond donors (Lipinski definition) is 1. The molecule has 0 aliphatic heterocycles. The summed E-state index contributed by atoms with van der Waals surface area (Å²) in [6.07, 6.45) is 2.29. The predicted octanol–water partition coefficient (Wildman–Crippen LogP) is 2.22. The molecule has 142 valence electrons. The van der Waals surface area contributed by atoms with Gasteiger partial charge in [-0.25, -0.2) is 4.79 Å². The van der Waals surface area contributed by atoms with Gasteiger partial charge in [0.1, 0.15) is 18.0 Å². The van der Waals surface area contributed by atoms with Crippen LogP contribution in [0.25, 0.3) is 17.3 Å². The quantitative estimate of drug-likeness (QED) is 0.689. The van der Waals surface area contributed by atoms with Gasteiger partial charge < -0.3 is 14.5 Å². The van der Waals surface area contributed by atoms with E-state index < -0.39 is 5.69 Å². The number of hydrogen-bond acceptors (Lipinski definition) is 5. The standard InChI is InChI=1S/C19H22N4O4/c1-4-13(2)20-17(24)12-22-18(16-10-7-11-27-16)21-23(19(22)25)14-8-5-6-9-15(14)26-3/h5-11,13H,4,12H2,1-3H3,(H,20,24)/t13-/m0/s1. The summed E-state index contributed by atoms with van der Waals surface area (Å²) < 4.78 is 13.2. The van der Waals surface area contributed by atoms with Gasteiger partial charge in [-0.05, 0) is 37.6 Å². The van der Waals surface area contributed by atoms with E-state index in [4.69, 9.17) is 9.15 Å². The van der Waals surface area contributed by atoms with Crippen molar-refractivity contribution >= 4 is 5.91 Å². The third-order valence-electron chi connectivity index (χ3n) is 4.24. The molecule has 27 heavy (non-hydrogen) atoms. The van der Waals surface area contributed by atoms with Crippen molar-refractivity contribution in [3.05, 3.63) is 53.1 Å². The van der Waals surface area contributed by atoms with Gasteiger partial charge >= 0.3 is 5.69 Å². The largest absolute Gasteiger partial charge is 0.494 e. The van der Waals surface area contributed by atoms with Crippen LogP contribution >= 0.6 is 0 Å². The molecule has 1 atom stereocenters. The molecule has 8 nitrogen and oxygen atoms in total. The number of ether oxygens (including phenoxy) is 1. The fourth-order valence-electron chi connectivity index (χ4n) is 2.65. The van der Waals surface area contributed by atoms with Crippen molar-refractivity contribution < 1.29 is 13.9 Å². The Bertz CT molecular complexity index is 972. The van der Waals surface area contributed by atoms with E-state index in [1.165, 1.54) is 22.6 Å². The summed E-state index contributed by atoms with van der Waals surface area (Å²) in [7, 11) is 1.52. The lowest BCUT2D eigenvalue weighted by atomic mass is 10.2. The first-order valence-electron chi connectivity index (χ1n) is 8.71. The third-order valence-corrected chi connectivity index (χ3v) is 4.24. The van der Waals surface area contributed by atoms with Crippen molar-refractivity contribution in [1.82, 2.24) is 19.7 Å². The van der Waals surface area contributed by atoms with Gasteiger partial charge in [0.15, 0.2) is 5.76 Å². The van der Waals surface area contributed by atoms with Crippen LogP contribution < -0.4 is 15.7 Å². The second-order valence-electron chi connectivity index (χ2n) is 6.13. The highest BCUT2D eigenvalue weighted by molar-refractivity contribution is 5.76. The van der Waals surface area contributed by atoms with Crippen LogP contribution in [-0.2, 0) is 11.3 Å². The summed E-state index contributed by atoms with van der Waals surface area (Å²) in [5, 5.41) is 7.26. The van der Waals surface area contributed by atoms with Crippen LogP contribution in [-0.4, -0.2) is 33.4 Å². The number of amides is 1. The maximum atomic E-state index is 13.0. The summed E-state index contributed by atoms with van der Waals surface area (Å²) >= 11 is 0. The first-order chi connectivity index (χ1) is 13.0. The Labute approximate surface area is 156 Å². The van der Waals surface area contributed by atoms with E-state index in [2.05, 4.69) is 10.4 Å². The summed E-state index contributed by atoms with van der Waals surface area (Å²) in [6, 6.07) is 10.5. The van der Waals surface area contributed by atoms with Crippen molar-refractivity contribution in [2.75, 3.05) is 7.11 Å². The first-order valence-corrected chi connectivity index (χ1v) is 8.71. The summed E-state index contributed by atoms with van der Waals surface area (Å²) in [4.78, 5) is 25.4. The van der Waals surface area contributed by atoms with Crippen molar-refractivity contribution in [2.45, 2.75) is 32.9 Å². The summed E-state index contributed by atoms with van der Waals surface area (Å²) in [6.45, 7) is 3.73. The van der Waals surface area contributed by atoms with E-state index in [1.54, 1.807) is 36.4 Å². The van der Waals surface area contributed by atoms with Crippen molar-refractivity contribution in [1.29, 1.82) is 0 Å². The molecule has 0 aliphatic carbocycles. The van der Waals surface area contributed by atoms with Gasteiger partial charge in [0.25, 0.3) is 0 Å². The number of para-hydroxylation sites is 2. The van der Waals surface area contributed by atoms with E-state index in [-0.39, 0.29) is 24.3 Å². The highest BCUT2D eigenvalue weighted by Gasteiger charge is 2.22. The molecule has 2 heterocycles. The summed E-state index contributed by atoms with van der Waals surface area (Å²) in [5.74, 6) is 0.908. The van der Waals surface area contributed by atoms with Gasteiger partial charge in [-0.1, -0.05) is 19.1 Å². The molecule has 0 spiro atoms. The Morgan fingerprint density at radius 2 is 2.07 bits per heavy atom. The normalized spacial score (nSPS) is 12.0. The maximum Gasteiger partial charge on any atom is 0.351 e. The van der Waals surface area contributed by atoms with Crippen LogP contribution in [0.3, 0.4) is 0 Å². The molecule has 1 aromatic carbocycles. The predicted molar refractivity (Wildman–Crippen MR) is 100.0 cm³/mol. The number of aromatic nitrogens is 3. The average Bonchev–Trinajstić information content (AvgIpc) is 3.30. The molecule has 3 rings (SSSR count). The number of carbonyl (C=O) groups is 1. The van der Waals surface area contributed by atoms with Crippen LogP contribution in [0.15, 0.2) is 51.9 Å². The topological polar surface area (TPSA) is 91.3 Å². The molecule has 0 unspecified atom stereocenters. The average molecular weight is 370 g/mol. The molecule has 0 radical (unpaired) electrons. The highest BCUT2D eigenvalue weighted by Crippen LogP contribution is 2.22. The van der Waals surface area contributed by atoms with E-state index in [9.17, 15) is 9.59 Å². The fraction of sp³-hybridized carbons (Fsp3) is 0.316. The molecule has 0 saturated heterocycles. The Morgan fingerprint density at radius 3 is 2.74 bits per heavy atom. The van der Waals surface area contributed by atoms with Gasteiger partial charge in [0.2, 0.25) is 11.7 Å². The van der Waals surface area contributed by atoms with E-state index >= 15 is 0 Å². The molecule has 0 aliphatic rings. The maximum absolute atomic E-state index is 13.0. The fourth-order valence-corrected chi connectivity index (χ4v) is 2.65. The molecular weight excluding hydrogens is 348 g/mol. The van der Waals surface area contributed by atoms with Crippen LogP contribution in [0, 0.1) is 0 Å². The lowest BCUT2D eigenvalue weighted by Crippen LogP contribution is -2.37. The molecule has 0 fully saturated rings. The number of furan rings is 1. The van der Waals surface area contributed by atoms with Crippen LogP contribution in [0.2, 0.25) is 0 Å².